The first-order chi connectivity index (χ1) is 7.90. The van der Waals surface area contributed by atoms with E-state index < -0.39 is 12.6 Å². The molecule has 0 fully saturated rings. The third-order valence-electron chi connectivity index (χ3n) is 2.34. The number of aryl methyl sites for hydroxylation is 1. The Morgan fingerprint density at radius 2 is 2.24 bits per heavy atom. The Bertz CT molecular complexity index is 338. The van der Waals surface area contributed by atoms with Crippen LogP contribution in [-0.2, 0) is 6.42 Å². The third kappa shape index (κ3) is 5.99. The average molecular weight is 267 g/mol. The lowest BCUT2D eigenvalue weighted by Crippen LogP contribution is -2.36. The predicted octanol–water partition coefficient (Wildman–Crippen LogP) is 2.56. The molecule has 0 bridgehead atoms. The molecule has 1 rings (SSSR count). The number of alkyl halides is 3. The highest BCUT2D eigenvalue weighted by Gasteiger charge is 2.26. The minimum Gasteiger partial charge on any atom is -0.271 e. The zero-order chi connectivity index (χ0) is 12.9. The maximum absolute atomic E-state index is 12.0. The Kier molecular flexibility index (Phi) is 5.35. The van der Waals surface area contributed by atoms with E-state index >= 15 is 0 Å². The van der Waals surface area contributed by atoms with Crippen molar-refractivity contribution in [2.75, 3.05) is 0 Å². The van der Waals surface area contributed by atoms with E-state index in [0.29, 0.717) is 12.8 Å². The molecular weight excluding hydrogens is 251 g/mol. The monoisotopic (exact) mass is 267 g/mol. The molecule has 0 aliphatic rings. The SMILES string of the molecule is Cc1csc(CC(CCCC(F)(F)F)NN)n1. The predicted molar refractivity (Wildman–Crippen MR) is 61.6 cm³/mol. The van der Waals surface area contributed by atoms with Gasteiger partial charge < -0.3 is 0 Å². The van der Waals surface area contributed by atoms with E-state index in [2.05, 4.69) is 10.4 Å². The number of nitrogens with zero attached hydrogens (tertiary/aromatic N) is 1. The lowest BCUT2D eigenvalue weighted by molar-refractivity contribution is -0.135. The normalized spacial score (nSPS) is 13.9. The van der Waals surface area contributed by atoms with Gasteiger partial charge in [-0.3, -0.25) is 11.3 Å². The summed E-state index contributed by atoms with van der Waals surface area (Å²) in [5, 5.41) is 2.82. The summed E-state index contributed by atoms with van der Waals surface area (Å²) in [5.41, 5.74) is 3.47. The molecule has 0 aliphatic carbocycles. The fourth-order valence-corrected chi connectivity index (χ4v) is 2.35. The fourth-order valence-electron chi connectivity index (χ4n) is 1.50. The zero-order valence-corrected chi connectivity index (χ0v) is 10.4. The van der Waals surface area contributed by atoms with Crippen molar-refractivity contribution in [1.29, 1.82) is 0 Å². The number of nitrogens with two attached hydrogens (primary N) is 1. The first-order valence-electron chi connectivity index (χ1n) is 5.34. The van der Waals surface area contributed by atoms with Crippen LogP contribution in [0.25, 0.3) is 0 Å². The van der Waals surface area contributed by atoms with E-state index in [0.717, 1.165) is 10.7 Å². The van der Waals surface area contributed by atoms with Gasteiger partial charge in [-0.05, 0) is 19.8 Å². The maximum atomic E-state index is 12.0. The van der Waals surface area contributed by atoms with Crippen LogP contribution in [0.15, 0.2) is 5.38 Å². The molecule has 3 nitrogen and oxygen atoms in total. The molecule has 1 heterocycles. The Balaban J connectivity index is 2.34. The number of hydrazine groups is 1. The van der Waals surface area contributed by atoms with Gasteiger partial charge in [-0.15, -0.1) is 11.3 Å². The molecule has 0 saturated heterocycles. The third-order valence-corrected chi connectivity index (χ3v) is 3.33. The lowest BCUT2D eigenvalue weighted by atomic mass is 10.1. The molecule has 1 aromatic rings. The summed E-state index contributed by atoms with van der Waals surface area (Å²) in [6, 6.07) is -0.150. The molecule has 0 amide bonds. The number of hydrogen-bond acceptors (Lipinski definition) is 4. The molecule has 7 heteroatoms. The fraction of sp³-hybridized carbons (Fsp3) is 0.700. The number of thiazole rings is 1. The van der Waals surface area contributed by atoms with Crippen molar-refractivity contribution in [2.45, 2.75) is 44.8 Å². The molecule has 0 aliphatic heterocycles. The van der Waals surface area contributed by atoms with Gasteiger partial charge in [-0.25, -0.2) is 4.98 Å². The van der Waals surface area contributed by atoms with Crippen molar-refractivity contribution < 1.29 is 13.2 Å². The molecule has 0 spiro atoms. The first-order valence-corrected chi connectivity index (χ1v) is 6.22. The summed E-state index contributed by atoms with van der Waals surface area (Å²) >= 11 is 1.50. The number of halogens is 3. The second-order valence-electron chi connectivity index (χ2n) is 3.96. The summed E-state index contributed by atoms with van der Waals surface area (Å²) in [6.45, 7) is 1.88. The van der Waals surface area contributed by atoms with Crippen LogP contribution in [0.1, 0.15) is 30.0 Å². The van der Waals surface area contributed by atoms with Gasteiger partial charge in [0.2, 0.25) is 0 Å². The zero-order valence-electron chi connectivity index (χ0n) is 9.55. The molecular formula is C10H16F3N3S. The summed E-state index contributed by atoms with van der Waals surface area (Å²) in [6.07, 6.45) is -3.79. The molecule has 0 saturated carbocycles. The van der Waals surface area contributed by atoms with Gasteiger partial charge in [0.05, 0.1) is 5.01 Å². The summed E-state index contributed by atoms with van der Waals surface area (Å²) in [5.74, 6) is 5.32. The van der Waals surface area contributed by atoms with Gasteiger partial charge in [0, 0.05) is 30.0 Å². The standard InChI is InChI=1S/C10H16F3N3S/c1-7-6-17-9(15-7)5-8(16-14)3-2-4-10(11,12)13/h6,8,16H,2-5,14H2,1H3. The Labute approximate surface area is 102 Å². The van der Waals surface area contributed by atoms with Crippen LogP contribution in [0.4, 0.5) is 13.2 Å². The number of aromatic nitrogens is 1. The van der Waals surface area contributed by atoms with Crippen LogP contribution >= 0.6 is 11.3 Å². The number of rotatable bonds is 6. The van der Waals surface area contributed by atoms with Crippen molar-refractivity contribution in [3.8, 4) is 0 Å². The van der Waals surface area contributed by atoms with Gasteiger partial charge in [0.15, 0.2) is 0 Å². The van der Waals surface area contributed by atoms with Crippen molar-refractivity contribution in [2.24, 2.45) is 5.84 Å². The summed E-state index contributed by atoms with van der Waals surface area (Å²) < 4.78 is 35.9. The molecule has 1 aromatic heterocycles. The van der Waals surface area contributed by atoms with Gasteiger partial charge in [0.25, 0.3) is 0 Å². The number of hydrogen-bond donors (Lipinski definition) is 2. The number of nitrogens with one attached hydrogen (secondary N) is 1. The van der Waals surface area contributed by atoms with Crippen LogP contribution in [0.2, 0.25) is 0 Å². The van der Waals surface area contributed by atoms with E-state index in [1.165, 1.54) is 11.3 Å². The van der Waals surface area contributed by atoms with Crippen molar-refractivity contribution >= 4 is 11.3 Å². The van der Waals surface area contributed by atoms with Crippen molar-refractivity contribution in [1.82, 2.24) is 10.4 Å². The smallest absolute Gasteiger partial charge is 0.271 e. The van der Waals surface area contributed by atoms with E-state index in [-0.39, 0.29) is 12.5 Å². The molecule has 3 N–H and O–H groups in total. The minimum atomic E-state index is -4.09. The van der Waals surface area contributed by atoms with E-state index in [4.69, 9.17) is 5.84 Å². The highest BCUT2D eigenvalue weighted by molar-refractivity contribution is 7.09. The average Bonchev–Trinajstić information content (AvgIpc) is 2.60. The van der Waals surface area contributed by atoms with Crippen molar-refractivity contribution in [3.63, 3.8) is 0 Å². The van der Waals surface area contributed by atoms with E-state index in [1.54, 1.807) is 0 Å². The second-order valence-corrected chi connectivity index (χ2v) is 4.90. The highest BCUT2D eigenvalue weighted by atomic mass is 32.1. The Morgan fingerprint density at radius 3 is 2.71 bits per heavy atom. The topological polar surface area (TPSA) is 50.9 Å². The summed E-state index contributed by atoms with van der Waals surface area (Å²) in [4.78, 5) is 4.26. The lowest BCUT2D eigenvalue weighted by Gasteiger charge is -2.14. The molecule has 0 radical (unpaired) electrons. The van der Waals surface area contributed by atoms with Crippen LogP contribution < -0.4 is 11.3 Å². The van der Waals surface area contributed by atoms with Crippen LogP contribution in [0, 0.1) is 6.92 Å². The second kappa shape index (κ2) is 6.32. The minimum absolute atomic E-state index is 0.0860. The van der Waals surface area contributed by atoms with E-state index in [1.807, 2.05) is 12.3 Å². The summed E-state index contributed by atoms with van der Waals surface area (Å²) in [7, 11) is 0. The van der Waals surface area contributed by atoms with Gasteiger partial charge in [0.1, 0.15) is 0 Å². The van der Waals surface area contributed by atoms with Crippen LogP contribution in [0.5, 0.6) is 0 Å². The van der Waals surface area contributed by atoms with Crippen LogP contribution in [-0.4, -0.2) is 17.2 Å². The molecule has 1 atom stereocenters. The maximum Gasteiger partial charge on any atom is 0.389 e. The quantitative estimate of drug-likeness (QED) is 0.615. The van der Waals surface area contributed by atoms with E-state index in [9.17, 15) is 13.2 Å². The van der Waals surface area contributed by atoms with Crippen LogP contribution in [0.3, 0.4) is 0 Å². The highest BCUT2D eigenvalue weighted by Crippen LogP contribution is 2.23. The largest absolute Gasteiger partial charge is 0.389 e. The first kappa shape index (κ1) is 14.4. The molecule has 1 unspecified atom stereocenters. The van der Waals surface area contributed by atoms with Gasteiger partial charge >= 0.3 is 6.18 Å². The molecule has 98 valence electrons. The van der Waals surface area contributed by atoms with Gasteiger partial charge in [-0.2, -0.15) is 13.2 Å². The van der Waals surface area contributed by atoms with Gasteiger partial charge in [-0.1, -0.05) is 0 Å². The van der Waals surface area contributed by atoms with Crippen molar-refractivity contribution in [3.05, 3.63) is 16.1 Å². The Hall–Kier alpha value is -0.660. The molecule has 0 aromatic carbocycles. The molecule has 17 heavy (non-hydrogen) atoms. The Morgan fingerprint density at radius 1 is 1.53 bits per heavy atom.